The molecule has 1 aromatic carbocycles. The van der Waals surface area contributed by atoms with Gasteiger partial charge < -0.3 is 9.88 Å². The van der Waals surface area contributed by atoms with E-state index in [1.54, 1.807) is 24.6 Å². The number of nitrogens with zero attached hydrogens (tertiary/aromatic N) is 2. The molecule has 1 aliphatic heterocycles. The Kier molecular flexibility index (Phi) is 5.93. The lowest BCUT2D eigenvalue weighted by molar-refractivity contribution is 0.0942. The van der Waals surface area contributed by atoms with E-state index in [2.05, 4.69) is 5.32 Å². The van der Waals surface area contributed by atoms with E-state index in [1.807, 2.05) is 18.2 Å². The van der Waals surface area contributed by atoms with E-state index in [0.29, 0.717) is 29.5 Å². The van der Waals surface area contributed by atoms with E-state index in [9.17, 15) is 13.2 Å². The summed E-state index contributed by atoms with van der Waals surface area (Å²) in [7, 11) is -1.89. The number of sulfonamides is 1. The second kappa shape index (κ2) is 8.04. The Morgan fingerprint density at radius 3 is 2.52 bits per heavy atom. The van der Waals surface area contributed by atoms with Crippen LogP contribution < -0.4 is 5.32 Å². The lowest BCUT2D eigenvalue weighted by Crippen LogP contribution is -2.35. The van der Waals surface area contributed by atoms with E-state index in [4.69, 9.17) is 11.6 Å². The molecule has 0 radical (unpaired) electrons. The lowest BCUT2D eigenvalue weighted by Gasteiger charge is -2.25. The van der Waals surface area contributed by atoms with Crippen molar-refractivity contribution in [1.82, 2.24) is 14.2 Å². The van der Waals surface area contributed by atoms with Crippen molar-refractivity contribution in [2.45, 2.75) is 37.6 Å². The third kappa shape index (κ3) is 4.05. The van der Waals surface area contributed by atoms with Crippen LogP contribution in [-0.2, 0) is 23.6 Å². The molecular weight excluding hydrogens is 386 g/mol. The van der Waals surface area contributed by atoms with E-state index < -0.39 is 10.0 Å². The van der Waals surface area contributed by atoms with Crippen LogP contribution >= 0.6 is 11.6 Å². The van der Waals surface area contributed by atoms with Crippen molar-refractivity contribution < 1.29 is 13.2 Å². The van der Waals surface area contributed by atoms with Gasteiger partial charge in [0, 0.05) is 37.4 Å². The van der Waals surface area contributed by atoms with Crippen LogP contribution in [0.1, 0.15) is 41.0 Å². The Bertz CT molecular complexity index is 947. The Morgan fingerprint density at radius 1 is 1.19 bits per heavy atom. The quantitative estimate of drug-likeness (QED) is 0.824. The van der Waals surface area contributed by atoms with Crippen molar-refractivity contribution in [2.24, 2.45) is 7.05 Å². The molecule has 0 bridgehead atoms. The fourth-order valence-corrected chi connectivity index (χ4v) is 5.29. The van der Waals surface area contributed by atoms with Gasteiger partial charge in [0.1, 0.15) is 10.6 Å². The summed E-state index contributed by atoms with van der Waals surface area (Å²) in [4.78, 5) is 12.8. The maximum Gasteiger partial charge on any atom is 0.268 e. The highest BCUT2D eigenvalue weighted by Gasteiger charge is 2.30. The summed E-state index contributed by atoms with van der Waals surface area (Å²) in [5.74, 6) is -0.333. The van der Waals surface area contributed by atoms with Crippen LogP contribution in [0.3, 0.4) is 0 Å². The molecule has 2 aromatic rings. The van der Waals surface area contributed by atoms with Gasteiger partial charge in [-0.1, -0.05) is 36.2 Å². The molecule has 1 saturated heterocycles. The molecule has 0 aliphatic carbocycles. The number of amides is 1. The molecule has 1 aliphatic rings. The average Bonchev–Trinajstić information content (AvgIpc) is 2.97. The van der Waals surface area contributed by atoms with Gasteiger partial charge in [-0.05, 0) is 37.5 Å². The first kappa shape index (κ1) is 19.9. The van der Waals surface area contributed by atoms with Gasteiger partial charge in [-0.25, -0.2) is 8.42 Å². The number of halogens is 1. The topological polar surface area (TPSA) is 71.4 Å². The van der Waals surface area contributed by atoms with Gasteiger partial charge in [0.15, 0.2) is 0 Å². The Morgan fingerprint density at radius 2 is 1.85 bits per heavy atom. The number of aromatic nitrogens is 1. The summed E-state index contributed by atoms with van der Waals surface area (Å²) in [6.45, 7) is 3.06. The van der Waals surface area contributed by atoms with Crippen molar-refractivity contribution in [3.8, 4) is 0 Å². The van der Waals surface area contributed by atoms with Crippen LogP contribution in [-0.4, -0.2) is 36.3 Å². The first-order valence-electron chi connectivity index (χ1n) is 9.00. The Hall–Kier alpha value is -1.83. The van der Waals surface area contributed by atoms with Crippen molar-refractivity contribution in [2.75, 3.05) is 13.1 Å². The normalized spacial score (nSPS) is 15.7. The van der Waals surface area contributed by atoms with Crippen LogP contribution in [0.25, 0.3) is 0 Å². The van der Waals surface area contributed by atoms with E-state index in [-0.39, 0.29) is 17.3 Å². The van der Waals surface area contributed by atoms with Gasteiger partial charge >= 0.3 is 0 Å². The SMILES string of the molecule is Cc1c(S(=O)(=O)N2CCCCC2)cc(C(=O)NCc2ccccc2Cl)n1C. The fraction of sp³-hybridized carbons (Fsp3) is 0.421. The van der Waals surface area contributed by atoms with Gasteiger partial charge in [0.05, 0.1) is 0 Å². The molecule has 3 rings (SSSR count). The van der Waals surface area contributed by atoms with E-state index >= 15 is 0 Å². The summed E-state index contributed by atoms with van der Waals surface area (Å²) in [5, 5.41) is 3.39. The number of benzene rings is 1. The molecular formula is C19H24ClN3O3S. The average molecular weight is 410 g/mol. The maximum atomic E-state index is 13.0. The molecule has 2 heterocycles. The Labute approximate surface area is 165 Å². The van der Waals surface area contributed by atoms with Gasteiger partial charge in [0.25, 0.3) is 5.91 Å². The number of hydrogen-bond acceptors (Lipinski definition) is 3. The second-order valence-electron chi connectivity index (χ2n) is 6.78. The molecule has 0 saturated carbocycles. The standard InChI is InChI=1S/C19H24ClN3O3S/c1-14-18(27(25,26)23-10-6-3-7-11-23)12-17(22(14)2)19(24)21-13-15-8-4-5-9-16(15)20/h4-5,8-9,12H,3,6-7,10-11,13H2,1-2H3,(H,21,24). The van der Waals surface area contributed by atoms with E-state index in [1.165, 1.54) is 10.4 Å². The molecule has 1 fully saturated rings. The largest absolute Gasteiger partial charge is 0.347 e. The van der Waals surface area contributed by atoms with Gasteiger partial charge in [-0.15, -0.1) is 0 Å². The summed E-state index contributed by atoms with van der Waals surface area (Å²) in [6.07, 6.45) is 2.79. The molecule has 8 heteroatoms. The smallest absolute Gasteiger partial charge is 0.268 e. The molecule has 0 unspecified atom stereocenters. The third-order valence-electron chi connectivity index (χ3n) is 5.05. The minimum Gasteiger partial charge on any atom is -0.347 e. The number of rotatable bonds is 5. The van der Waals surface area contributed by atoms with Crippen LogP contribution in [0.5, 0.6) is 0 Å². The molecule has 1 amide bonds. The molecule has 1 N–H and O–H groups in total. The van der Waals surface area contributed by atoms with Crippen LogP contribution in [0.4, 0.5) is 0 Å². The molecule has 146 valence electrons. The van der Waals surface area contributed by atoms with Crippen LogP contribution in [0.2, 0.25) is 5.02 Å². The predicted molar refractivity (Wildman–Crippen MR) is 105 cm³/mol. The van der Waals surface area contributed by atoms with Gasteiger partial charge in [-0.3, -0.25) is 4.79 Å². The van der Waals surface area contributed by atoms with Crippen molar-refractivity contribution >= 4 is 27.5 Å². The highest BCUT2D eigenvalue weighted by molar-refractivity contribution is 7.89. The van der Waals surface area contributed by atoms with E-state index in [0.717, 1.165) is 24.8 Å². The molecule has 0 spiro atoms. The summed E-state index contributed by atoms with van der Waals surface area (Å²) < 4.78 is 29.1. The highest BCUT2D eigenvalue weighted by atomic mass is 35.5. The molecule has 27 heavy (non-hydrogen) atoms. The van der Waals surface area contributed by atoms with Gasteiger partial charge in [0.2, 0.25) is 10.0 Å². The number of nitrogens with one attached hydrogen (secondary N) is 1. The number of hydrogen-bond donors (Lipinski definition) is 1. The molecule has 1 aromatic heterocycles. The second-order valence-corrected chi connectivity index (χ2v) is 9.09. The third-order valence-corrected chi connectivity index (χ3v) is 7.43. The zero-order valence-electron chi connectivity index (χ0n) is 15.5. The van der Waals surface area contributed by atoms with Crippen molar-refractivity contribution in [3.05, 3.63) is 52.3 Å². The number of piperidine rings is 1. The minimum absolute atomic E-state index is 0.204. The zero-order valence-corrected chi connectivity index (χ0v) is 17.1. The summed E-state index contributed by atoms with van der Waals surface area (Å²) in [5.41, 5.74) is 1.68. The van der Waals surface area contributed by atoms with Crippen LogP contribution in [0, 0.1) is 6.92 Å². The summed E-state index contributed by atoms with van der Waals surface area (Å²) in [6, 6.07) is 8.75. The monoisotopic (exact) mass is 409 g/mol. The fourth-order valence-electron chi connectivity index (χ4n) is 3.30. The first-order valence-corrected chi connectivity index (χ1v) is 10.8. The van der Waals surface area contributed by atoms with Crippen molar-refractivity contribution in [1.29, 1.82) is 0 Å². The number of carbonyl (C=O) groups is 1. The Balaban J connectivity index is 1.82. The molecule has 6 nitrogen and oxygen atoms in total. The van der Waals surface area contributed by atoms with Crippen molar-refractivity contribution in [3.63, 3.8) is 0 Å². The minimum atomic E-state index is -3.59. The zero-order chi connectivity index (χ0) is 19.6. The molecule has 0 atom stereocenters. The lowest BCUT2D eigenvalue weighted by atomic mass is 10.2. The summed E-state index contributed by atoms with van der Waals surface area (Å²) >= 11 is 6.12. The van der Waals surface area contributed by atoms with Gasteiger partial charge in [-0.2, -0.15) is 4.31 Å². The highest BCUT2D eigenvalue weighted by Crippen LogP contribution is 2.26. The number of carbonyl (C=O) groups excluding carboxylic acids is 1. The maximum absolute atomic E-state index is 13.0. The predicted octanol–water partition coefficient (Wildman–Crippen LogP) is 3.09. The van der Waals surface area contributed by atoms with Crippen LogP contribution in [0.15, 0.2) is 35.2 Å². The first-order chi connectivity index (χ1) is 12.8.